The van der Waals surface area contributed by atoms with Crippen molar-refractivity contribution < 1.29 is 9.53 Å². The summed E-state index contributed by atoms with van der Waals surface area (Å²) in [6.07, 6.45) is 4.84. The molecule has 1 fully saturated rings. The van der Waals surface area contributed by atoms with E-state index in [0.29, 0.717) is 12.5 Å². The molecule has 3 heterocycles. The fraction of sp³-hybridized carbons (Fsp3) is 0.619. The summed E-state index contributed by atoms with van der Waals surface area (Å²) < 4.78 is 7.46. The lowest BCUT2D eigenvalue weighted by molar-refractivity contribution is 0.0162. The van der Waals surface area contributed by atoms with Gasteiger partial charge in [0.25, 0.3) is 0 Å². The van der Waals surface area contributed by atoms with Crippen LogP contribution in [0.4, 0.5) is 4.79 Å². The van der Waals surface area contributed by atoms with Gasteiger partial charge in [0.15, 0.2) is 17.4 Å². The fourth-order valence-electron chi connectivity index (χ4n) is 3.58. The van der Waals surface area contributed by atoms with Crippen LogP contribution < -0.4 is 10.6 Å². The highest BCUT2D eigenvalue weighted by Gasteiger charge is 2.27. The molecule has 172 valence electrons. The summed E-state index contributed by atoms with van der Waals surface area (Å²) >= 11 is 0. The first kappa shape index (κ1) is 25.2. The van der Waals surface area contributed by atoms with Crippen LogP contribution in [0.2, 0.25) is 0 Å². The van der Waals surface area contributed by atoms with Gasteiger partial charge in [-0.05, 0) is 58.1 Å². The maximum Gasteiger partial charge on any atom is 0.410 e. The number of carbonyl (C=O) groups is 1. The van der Waals surface area contributed by atoms with E-state index in [9.17, 15) is 4.79 Å². The second-order valence-electron chi connectivity index (χ2n) is 8.62. The van der Waals surface area contributed by atoms with Crippen molar-refractivity contribution in [2.45, 2.75) is 52.2 Å². The maximum absolute atomic E-state index is 12.3. The van der Waals surface area contributed by atoms with Crippen molar-refractivity contribution in [2.24, 2.45) is 10.9 Å². The summed E-state index contributed by atoms with van der Waals surface area (Å²) in [6, 6.07) is 5.82. The van der Waals surface area contributed by atoms with E-state index in [1.54, 1.807) is 7.05 Å². The van der Waals surface area contributed by atoms with Crippen molar-refractivity contribution in [3.63, 3.8) is 0 Å². The number of hydrogen-bond donors (Lipinski definition) is 2. The summed E-state index contributed by atoms with van der Waals surface area (Å²) in [4.78, 5) is 18.4. The van der Waals surface area contributed by atoms with Crippen LogP contribution in [-0.2, 0) is 11.3 Å². The fourth-order valence-corrected chi connectivity index (χ4v) is 3.58. The highest BCUT2D eigenvalue weighted by Crippen LogP contribution is 2.21. The number of aliphatic imine (C=N–C) groups is 1. The number of nitrogens with zero attached hydrogens (tertiary/aromatic N) is 5. The minimum atomic E-state index is -0.459. The van der Waals surface area contributed by atoms with Gasteiger partial charge < -0.3 is 20.3 Å². The van der Waals surface area contributed by atoms with Crippen LogP contribution in [0.15, 0.2) is 29.4 Å². The number of rotatable bonds is 5. The summed E-state index contributed by atoms with van der Waals surface area (Å²) in [7, 11) is 1.75. The van der Waals surface area contributed by atoms with Gasteiger partial charge in [-0.2, -0.15) is 0 Å². The topological polar surface area (TPSA) is 96.2 Å². The molecule has 0 spiro atoms. The summed E-state index contributed by atoms with van der Waals surface area (Å²) in [5.74, 6) is 2.01. The normalized spacial score (nSPS) is 17.2. The Labute approximate surface area is 201 Å². The zero-order valence-corrected chi connectivity index (χ0v) is 21.1. The van der Waals surface area contributed by atoms with E-state index in [2.05, 4.69) is 25.8 Å². The van der Waals surface area contributed by atoms with Crippen LogP contribution in [0.1, 0.15) is 45.9 Å². The Hall–Kier alpha value is -2.11. The van der Waals surface area contributed by atoms with Crippen molar-refractivity contribution in [3.05, 3.63) is 30.2 Å². The number of amides is 1. The monoisotopic (exact) mass is 543 g/mol. The number of piperidine rings is 1. The van der Waals surface area contributed by atoms with Crippen LogP contribution in [0, 0.1) is 5.92 Å². The van der Waals surface area contributed by atoms with Crippen LogP contribution in [0.3, 0.4) is 0 Å². The van der Waals surface area contributed by atoms with Gasteiger partial charge in [-0.1, -0.05) is 6.07 Å². The summed E-state index contributed by atoms with van der Waals surface area (Å²) in [5.41, 5.74) is 0.364. The molecule has 31 heavy (non-hydrogen) atoms. The van der Waals surface area contributed by atoms with Gasteiger partial charge in [0.05, 0.1) is 6.54 Å². The van der Waals surface area contributed by atoms with Gasteiger partial charge in [-0.15, -0.1) is 34.2 Å². The minimum absolute atomic E-state index is 0. The molecule has 9 nitrogen and oxygen atoms in total. The third-order valence-corrected chi connectivity index (χ3v) is 5.04. The average Bonchev–Trinajstić information content (AvgIpc) is 3.13. The molecule has 1 amide bonds. The molecule has 0 aliphatic carbocycles. The highest BCUT2D eigenvalue weighted by molar-refractivity contribution is 14.0. The molecule has 1 unspecified atom stereocenters. The first-order valence-electron chi connectivity index (χ1n) is 10.6. The predicted molar refractivity (Wildman–Crippen MR) is 132 cm³/mol. The van der Waals surface area contributed by atoms with Crippen LogP contribution in [0.25, 0.3) is 5.65 Å². The molecule has 1 saturated heterocycles. The Morgan fingerprint density at radius 2 is 2.10 bits per heavy atom. The molecular formula is C21H34IN7O2. The number of pyridine rings is 1. The standard InChI is InChI=1S/C21H33N7O2.HI/c1-21(2,3)30-20(29)27-12-7-8-16(15-27)10-11-23-19(22-4)24-14-18-26-25-17-9-5-6-13-28(17)18;/h5-6,9,13,16H,7-8,10-12,14-15H2,1-4H3,(H2,22,23,24);1H. The smallest absolute Gasteiger partial charge is 0.410 e. The number of fused-ring (bicyclic) bond motifs is 1. The Kier molecular flexibility index (Phi) is 9.32. The Balaban J connectivity index is 0.00000341. The number of halogens is 1. The number of carbonyl (C=O) groups excluding carboxylic acids is 1. The zero-order valence-electron chi connectivity index (χ0n) is 18.8. The van der Waals surface area contributed by atoms with Gasteiger partial charge in [-0.25, -0.2) is 4.79 Å². The number of ether oxygens (including phenoxy) is 1. The van der Waals surface area contributed by atoms with E-state index >= 15 is 0 Å². The molecular weight excluding hydrogens is 509 g/mol. The van der Waals surface area contributed by atoms with E-state index in [4.69, 9.17) is 4.74 Å². The summed E-state index contributed by atoms with van der Waals surface area (Å²) in [6.45, 7) is 8.53. The number of hydrogen-bond acceptors (Lipinski definition) is 5. The number of nitrogens with one attached hydrogen (secondary N) is 2. The zero-order chi connectivity index (χ0) is 21.6. The average molecular weight is 543 g/mol. The third-order valence-electron chi connectivity index (χ3n) is 5.04. The summed E-state index contributed by atoms with van der Waals surface area (Å²) in [5, 5.41) is 15.0. The maximum atomic E-state index is 12.3. The van der Waals surface area contributed by atoms with Gasteiger partial charge >= 0.3 is 6.09 Å². The molecule has 0 radical (unpaired) electrons. The van der Waals surface area contributed by atoms with E-state index in [1.807, 2.05) is 54.5 Å². The van der Waals surface area contributed by atoms with Crippen LogP contribution >= 0.6 is 24.0 Å². The lowest BCUT2D eigenvalue weighted by Gasteiger charge is -2.34. The van der Waals surface area contributed by atoms with Gasteiger partial charge in [-0.3, -0.25) is 9.39 Å². The van der Waals surface area contributed by atoms with E-state index in [1.165, 1.54) is 0 Å². The second kappa shape index (κ2) is 11.5. The number of guanidine groups is 1. The third kappa shape index (κ3) is 7.51. The lowest BCUT2D eigenvalue weighted by Crippen LogP contribution is -2.44. The minimum Gasteiger partial charge on any atom is -0.444 e. The molecule has 2 N–H and O–H groups in total. The first-order valence-corrected chi connectivity index (χ1v) is 10.6. The van der Waals surface area contributed by atoms with Crippen LogP contribution in [-0.4, -0.2) is 63.8 Å². The second-order valence-corrected chi connectivity index (χ2v) is 8.62. The Bertz CT molecular complexity index is 878. The molecule has 2 aromatic rings. The molecule has 1 aliphatic heterocycles. The molecule has 2 aromatic heterocycles. The number of aromatic nitrogens is 3. The van der Waals surface area contributed by atoms with Gasteiger partial charge in [0.2, 0.25) is 0 Å². The lowest BCUT2D eigenvalue weighted by atomic mass is 9.95. The Morgan fingerprint density at radius 3 is 2.84 bits per heavy atom. The molecule has 0 bridgehead atoms. The SMILES string of the molecule is CN=C(NCCC1CCCN(C(=O)OC(C)(C)C)C1)NCc1nnc2ccccn12.I. The quantitative estimate of drug-likeness (QED) is 0.342. The van der Waals surface area contributed by atoms with E-state index in [-0.39, 0.29) is 30.1 Å². The highest BCUT2D eigenvalue weighted by atomic mass is 127. The van der Waals surface area contributed by atoms with Crippen molar-refractivity contribution in [3.8, 4) is 0 Å². The predicted octanol–water partition coefficient (Wildman–Crippen LogP) is 3.05. The molecule has 1 aliphatic rings. The van der Waals surface area contributed by atoms with E-state index < -0.39 is 5.60 Å². The first-order chi connectivity index (χ1) is 14.4. The van der Waals surface area contributed by atoms with Crippen molar-refractivity contribution in [1.82, 2.24) is 30.1 Å². The molecule has 0 saturated carbocycles. The van der Waals surface area contributed by atoms with Crippen molar-refractivity contribution in [2.75, 3.05) is 26.7 Å². The largest absolute Gasteiger partial charge is 0.444 e. The van der Waals surface area contributed by atoms with E-state index in [0.717, 1.165) is 56.3 Å². The molecule has 1 atom stereocenters. The number of likely N-dealkylation sites (tertiary alicyclic amines) is 1. The molecule has 3 rings (SSSR count). The van der Waals surface area contributed by atoms with Gasteiger partial charge in [0, 0.05) is 32.9 Å². The van der Waals surface area contributed by atoms with Crippen molar-refractivity contribution >= 4 is 41.7 Å². The Morgan fingerprint density at radius 1 is 1.29 bits per heavy atom. The molecule has 0 aromatic carbocycles. The van der Waals surface area contributed by atoms with Crippen molar-refractivity contribution in [1.29, 1.82) is 0 Å². The van der Waals surface area contributed by atoms with Crippen LogP contribution in [0.5, 0.6) is 0 Å². The molecule has 10 heteroatoms. The van der Waals surface area contributed by atoms with Gasteiger partial charge in [0.1, 0.15) is 5.60 Å².